The molecule has 3 rings (SSSR count). The maximum absolute atomic E-state index is 12.4. The van der Waals surface area contributed by atoms with Crippen LogP contribution in [0.5, 0.6) is 0 Å². The number of hydrogen-bond donors (Lipinski definition) is 0. The number of para-hydroxylation sites is 1. The van der Waals surface area contributed by atoms with Gasteiger partial charge in [-0.25, -0.2) is 8.42 Å². The first-order valence-corrected chi connectivity index (χ1v) is 9.32. The summed E-state index contributed by atoms with van der Waals surface area (Å²) in [6, 6.07) is 13.5. The van der Waals surface area contributed by atoms with Gasteiger partial charge in [-0.1, -0.05) is 18.2 Å². The molecule has 3 aromatic rings. The van der Waals surface area contributed by atoms with Crippen molar-refractivity contribution >= 4 is 25.4 Å². The second-order valence-electron chi connectivity index (χ2n) is 4.50. The molecular weight excluding hydrogens is 354 g/mol. The van der Waals surface area contributed by atoms with Crippen LogP contribution in [0.2, 0.25) is 0 Å². The summed E-state index contributed by atoms with van der Waals surface area (Å²) in [5, 5.41) is 21.7. The molecular formula is C13H9N5O4S2. The minimum absolute atomic E-state index is 0.0688. The zero-order chi connectivity index (χ0) is 17.2. The van der Waals surface area contributed by atoms with Gasteiger partial charge in [-0.05, 0) is 34.7 Å². The maximum atomic E-state index is 12.4. The van der Waals surface area contributed by atoms with Gasteiger partial charge >= 0.3 is 0 Å². The van der Waals surface area contributed by atoms with E-state index in [4.69, 9.17) is 0 Å². The Bertz CT molecular complexity index is 971. The molecule has 0 amide bonds. The molecule has 0 saturated carbocycles. The van der Waals surface area contributed by atoms with E-state index in [2.05, 4.69) is 15.5 Å². The Hall–Kier alpha value is -2.79. The van der Waals surface area contributed by atoms with Crippen LogP contribution in [0.15, 0.2) is 64.6 Å². The largest absolute Gasteiger partial charge is 0.269 e. The molecule has 0 radical (unpaired) electrons. The SMILES string of the molecule is O=[N+]([O-])c1ccc(S(=O)(=O)Sc2nnnn2-c2ccccc2)cc1. The third kappa shape index (κ3) is 3.26. The Labute approximate surface area is 139 Å². The van der Waals surface area contributed by atoms with Crippen molar-refractivity contribution < 1.29 is 13.3 Å². The third-order valence-corrected chi connectivity index (χ3v) is 6.12. The van der Waals surface area contributed by atoms with Crippen LogP contribution in [-0.2, 0) is 8.87 Å². The first-order valence-electron chi connectivity index (χ1n) is 6.50. The lowest BCUT2D eigenvalue weighted by Crippen LogP contribution is -2.02. The van der Waals surface area contributed by atoms with Crippen LogP contribution in [0.1, 0.15) is 0 Å². The van der Waals surface area contributed by atoms with Crippen LogP contribution in [0.4, 0.5) is 5.69 Å². The number of nitro benzene ring substituents is 1. The Morgan fingerprint density at radius 3 is 2.33 bits per heavy atom. The lowest BCUT2D eigenvalue weighted by molar-refractivity contribution is -0.384. The van der Waals surface area contributed by atoms with Gasteiger partial charge < -0.3 is 0 Å². The van der Waals surface area contributed by atoms with Crippen LogP contribution < -0.4 is 0 Å². The molecule has 0 spiro atoms. The van der Waals surface area contributed by atoms with Crippen LogP contribution >= 0.6 is 10.8 Å². The fourth-order valence-corrected chi connectivity index (χ4v) is 4.41. The highest BCUT2D eigenvalue weighted by Crippen LogP contribution is 2.30. The van der Waals surface area contributed by atoms with Crippen molar-refractivity contribution in [3.63, 3.8) is 0 Å². The van der Waals surface area contributed by atoms with Gasteiger partial charge in [0, 0.05) is 12.1 Å². The Morgan fingerprint density at radius 1 is 1.04 bits per heavy atom. The van der Waals surface area contributed by atoms with E-state index >= 15 is 0 Å². The first kappa shape index (κ1) is 16.1. The predicted molar refractivity (Wildman–Crippen MR) is 85.3 cm³/mol. The molecule has 0 unspecified atom stereocenters. The molecule has 0 aliphatic rings. The number of non-ortho nitro benzene ring substituents is 1. The molecule has 2 aromatic carbocycles. The minimum atomic E-state index is -3.83. The third-order valence-electron chi connectivity index (χ3n) is 2.96. The predicted octanol–water partition coefficient (Wildman–Crippen LogP) is 2.05. The molecule has 9 nitrogen and oxygen atoms in total. The molecule has 0 fully saturated rings. The number of tetrazole rings is 1. The average molecular weight is 363 g/mol. The van der Waals surface area contributed by atoms with E-state index in [0.717, 1.165) is 12.1 Å². The van der Waals surface area contributed by atoms with Crippen LogP contribution in [0, 0.1) is 10.1 Å². The van der Waals surface area contributed by atoms with E-state index in [1.807, 2.05) is 6.07 Å². The number of nitro groups is 1. The minimum Gasteiger partial charge on any atom is -0.258 e. The molecule has 0 bridgehead atoms. The Balaban J connectivity index is 1.91. The standard InChI is InChI=1S/C13H9N5O4S2/c19-18(20)11-6-8-12(9-7-11)24(21,22)23-13-14-15-16-17(13)10-4-2-1-3-5-10/h1-9H. The molecule has 0 aliphatic heterocycles. The number of hydrogen-bond acceptors (Lipinski definition) is 8. The van der Waals surface area contributed by atoms with Crippen molar-refractivity contribution in [2.45, 2.75) is 10.1 Å². The lowest BCUT2D eigenvalue weighted by atomic mass is 10.3. The summed E-state index contributed by atoms with van der Waals surface area (Å²) in [6.45, 7) is 0. The molecule has 122 valence electrons. The second-order valence-corrected chi connectivity index (χ2v) is 8.23. The summed E-state index contributed by atoms with van der Waals surface area (Å²) in [5.74, 6) is 0. The van der Waals surface area contributed by atoms with Gasteiger partial charge in [0.15, 0.2) is 0 Å². The van der Waals surface area contributed by atoms with Crippen LogP contribution in [0.25, 0.3) is 5.69 Å². The first-order chi connectivity index (χ1) is 11.5. The monoisotopic (exact) mass is 363 g/mol. The zero-order valence-corrected chi connectivity index (χ0v) is 13.5. The number of aromatic nitrogens is 4. The molecule has 11 heteroatoms. The summed E-state index contributed by atoms with van der Waals surface area (Å²) in [4.78, 5) is 9.97. The molecule has 1 heterocycles. The van der Waals surface area contributed by atoms with E-state index in [9.17, 15) is 18.5 Å². The molecule has 0 atom stereocenters. The molecule has 0 N–H and O–H groups in total. The van der Waals surface area contributed by atoms with E-state index in [0.29, 0.717) is 16.5 Å². The number of nitrogens with zero attached hydrogens (tertiary/aromatic N) is 5. The van der Waals surface area contributed by atoms with E-state index in [-0.39, 0.29) is 15.7 Å². The fourth-order valence-electron chi connectivity index (χ4n) is 1.84. The van der Waals surface area contributed by atoms with Crippen molar-refractivity contribution in [3.8, 4) is 5.69 Å². The van der Waals surface area contributed by atoms with Gasteiger partial charge in [0.2, 0.25) is 14.0 Å². The zero-order valence-electron chi connectivity index (χ0n) is 11.9. The maximum Gasteiger partial charge on any atom is 0.269 e. The van der Waals surface area contributed by atoms with Crippen molar-refractivity contribution in [1.29, 1.82) is 0 Å². The summed E-state index contributed by atoms with van der Waals surface area (Å²) in [6.07, 6.45) is 0. The summed E-state index contributed by atoms with van der Waals surface area (Å²) < 4.78 is 26.2. The average Bonchev–Trinajstić information content (AvgIpc) is 3.03. The summed E-state index contributed by atoms with van der Waals surface area (Å²) >= 11 is 0. The molecule has 0 aliphatic carbocycles. The van der Waals surface area contributed by atoms with Gasteiger partial charge in [-0.2, -0.15) is 4.68 Å². The highest BCUT2D eigenvalue weighted by molar-refractivity contribution is 8.72. The number of rotatable bonds is 5. The Morgan fingerprint density at radius 2 is 1.71 bits per heavy atom. The van der Waals surface area contributed by atoms with E-state index in [1.165, 1.54) is 16.8 Å². The van der Waals surface area contributed by atoms with Crippen molar-refractivity contribution in [2.24, 2.45) is 0 Å². The van der Waals surface area contributed by atoms with Gasteiger partial charge in [0.05, 0.1) is 26.3 Å². The lowest BCUT2D eigenvalue weighted by Gasteiger charge is -2.05. The molecule has 0 saturated heterocycles. The van der Waals surface area contributed by atoms with Gasteiger partial charge in [0.25, 0.3) is 5.69 Å². The number of benzene rings is 2. The normalized spacial score (nSPS) is 11.3. The smallest absolute Gasteiger partial charge is 0.258 e. The van der Waals surface area contributed by atoms with Crippen LogP contribution in [0.3, 0.4) is 0 Å². The summed E-state index contributed by atoms with van der Waals surface area (Å²) in [5.41, 5.74) is 0.428. The van der Waals surface area contributed by atoms with Gasteiger partial charge in [0.1, 0.15) is 0 Å². The quantitative estimate of drug-likeness (QED) is 0.383. The fraction of sp³-hybridized carbons (Fsp3) is 0. The van der Waals surface area contributed by atoms with Crippen molar-refractivity contribution in [1.82, 2.24) is 20.2 Å². The topological polar surface area (TPSA) is 121 Å². The van der Waals surface area contributed by atoms with Crippen LogP contribution in [-0.4, -0.2) is 33.5 Å². The summed E-state index contributed by atoms with van der Waals surface area (Å²) in [7, 11) is -3.35. The second kappa shape index (κ2) is 6.37. The molecule has 24 heavy (non-hydrogen) atoms. The van der Waals surface area contributed by atoms with Crippen molar-refractivity contribution in [2.75, 3.05) is 0 Å². The van der Waals surface area contributed by atoms with Gasteiger partial charge in [-0.3, -0.25) is 10.1 Å². The highest BCUT2D eigenvalue weighted by atomic mass is 33.1. The van der Waals surface area contributed by atoms with E-state index < -0.39 is 13.8 Å². The Kier molecular flexibility index (Phi) is 4.27. The van der Waals surface area contributed by atoms with E-state index in [1.54, 1.807) is 24.3 Å². The van der Waals surface area contributed by atoms with Crippen molar-refractivity contribution in [3.05, 3.63) is 64.7 Å². The highest BCUT2D eigenvalue weighted by Gasteiger charge is 2.22. The molecule has 1 aromatic heterocycles. The van der Waals surface area contributed by atoms with Gasteiger partial charge in [-0.15, -0.1) is 5.10 Å².